The molecular weight excluding hydrogens is 749 g/mol. The maximum absolute atomic E-state index is 14.0. The van der Waals surface area contributed by atoms with E-state index >= 15 is 0 Å². The Hall–Kier alpha value is -2.92. The maximum Gasteiger partial charge on any atom is 0.340 e. The minimum absolute atomic E-state index is 0.341. The van der Waals surface area contributed by atoms with Gasteiger partial charge in [-0.1, -0.05) is 90.2 Å². The van der Waals surface area contributed by atoms with Crippen molar-refractivity contribution in [3.8, 4) is 30.6 Å². The molecular formula is C44H58N2O4S4. The third kappa shape index (κ3) is 11.1. The first-order chi connectivity index (χ1) is 25.8. The Kier molecular flexibility index (Phi) is 15.1. The topological polar surface area (TPSA) is 78.4 Å². The number of rotatable bonds is 19. The van der Waals surface area contributed by atoms with Gasteiger partial charge >= 0.3 is 11.9 Å². The Balaban J connectivity index is 1.55. The number of carbonyl (C=O) groups excluding carboxylic acids is 2. The van der Waals surface area contributed by atoms with Crippen LogP contribution in [0.4, 0.5) is 0 Å². The lowest BCUT2D eigenvalue weighted by Gasteiger charge is -2.20. The lowest BCUT2D eigenvalue weighted by Crippen LogP contribution is -2.24. The van der Waals surface area contributed by atoms with Gasteiger partial charge in [0.2, 0.25) is 0 Å². The fourth-order valence-corrected chi connectivity index (χ4v) is 10.7. The standard InChI is InChI=1S/C44H58N2O4S4/c1-9-11-13-15-17-19-21-29-28-52-40(30(29)22-20-18-16-14-12-10-2)35-27-34(42(48)50-44(6,7)8)39(53-35)32-24-23-31(36-37(32)46-54-45-36)38-33(25-26-51-38)41(47)49-43(3,4)5/h23-28H,9-22H2,1-8H3. The van der Waals surface area contributed by atoms with E-state index in [1.54, 1.807) is 11.3 Å². The lowest BCUT2D eigenvalue weighted by atomic mass is 9.97. The van der Waals surface area contributed by atoms with Gasteiger partial charge in [-0.3, -0.25) is 0 Å². The van der Waals surface area contributed by atoms with E-state index < -0.39 is 11.2 Å². The molecule has 0 aliphatic rings. The Morgan fingerprint density at radius 3 is 1.76 bits per heavy atom. The van der Waals surface area contributed by atoms with Crippen LogP contribution in [0.15, 0.2) is 35.0 Å². The van der Waals surface area contributed by atoms with Gasteiger partial charge in [0.25, 0.3) is 0 Å². The van der Waals surface area contributed by atoms with Crippen molar-refractivity contribution in [1.82, 2.24) is 8.75 Å². The number of unbranched alkanes of at least 4 members (excludes halogenated alkanes) is 10. The average Bonchev–Trinajstić information content (AvgIpc) is 3.92. The molecule has 0 amide bonds. The van der Waals surface area contributed by atoms with E-state index in [2.05, 4.69) is 25.3 Å². The number of hydrogen-bond donors (Lipinski definition) is 0. The van der Waals surface area contributed by atoms with Crippen LogP contribution in [0.3, 0.4) is 0 Å². The summed E-state index contributed by atoms with van der Waals surface area (Å²) in [6.07, 6.45) is 17.4. The summed E-state index contributed by atoms with van der Waals surface area (Å²) in [6.45, 7) is 15.9. The van der Waals surface area contributed by atoms with Crippen molar-refractivity contribution in [3.63, 3.8) is 0 Å². The first kappa shape index (κ1) is 42.2. The summed E-state index contributed by atoms with van der Waals surface area (Å²) >= 11 is 6.09. The van der Waals surface area contributed by atoms with Gasteiger partial charge in [0.05, 0.1) is 32.6 Å². The second-order valence-electron chi connectivity index (χ2n) is 16.2. The molecule has 0 N–H and O–H groups in total. The van der Waals surface area contributed by atoms with Gasteiger partial charge in [0.15, 0.2) is 0 Å². The predicted molar refractivity (Wildman–Crippen MR) is 232 cm³/mol. The smallest absolute Gasteiger partial charge is 0.340 e. The Morgan fingerprint density at radius 1 is 0.630 bits per heavy atom. The molecule has 0 fully saturated rings. The molecule has 0 aliphatic carbocycles. The molecule has 54 heavy (non-hydrogen) atoms. The summed E-state index contributed by atoms with van der Waals surface area (Å²) in [5.74, 6) is -0.704. The van der Waals surface area contributed by atoms with Gasteiger partial charge in [0, 0.05) is 20.9 Å². The number of ether oxygens (including phenoxy) is 2. The summed E-state index contributed by atoms with van der Waals surface area (Å²) in [5.41, 5.74) is 5.81. The fourth-order valence-electron chi connectivity index (χ4n) is 6.72. The summed E-state index contributed by atoms with van der Waals surface area (Å²) in [4.78, 5) is 31.2. The molecule has 0 spiro atoms. The Morgan fingerprint density at radius 2 is 1.17 bits per heavy atom. The minimum Gasteiger partial charge on any atom is -0.456 e. The van der Waals surface area contributed by atoms with Crippen LogP contribution in [0.2, 0.25) is 0 Å². The summed E-state index contributed by atoms with van der Waals surface area (Å²) in [7, 11) is 0. The summed E-state index contributed by atoms with van der Waals surface area (Å²) in [5, 5.41) is 4.28. The molecule has 6 nitrogen and oxygen atoms in total. The van der Waals surface area contributed by atoms with Crippen molar-refractivity contribution in [2.24, 2.45) is 0 Å². The van der Waals surface area contributed by atoms with Crippen LogP contribution in [0.1, 0.15) is 164 Å². The zero-order chi connectivity index (χ0) is 38.9. The van der Waals surface area contributed by atoms with Crippen molar-refractivity contribution in [2.45, 2.75) is 156 Å². The first-order valence-corrected chi connectivity index (χ1v) is 23.2. The van der Waals surface area contributed by atoms with Crippen LogP contribution in [0, 0.1) is 0 Å². The fraction of sp³-hybridized carbons (Fsp3) is 0.545. The molecule has 0 saturated carbocycles. The third-order valence-corrected chi connectivity index (χ3v) is 13.2. The highest BCUT2D eigenvalue weighted by Crippen LogP contribution is 2.47. The molecule has 292 valence electrons. The number of aromatic nitrogens is 2. The van der Waals surface area contributed by atoms with Gasteiger partial charge < -0.3 is 9.47 Å². The molecule has 10 heteroatoms. The van der Waals surface area contributed by atoms with Gasteiger partial charge in [-0.15, -0.1) is 34.0 Å². The quantitative estimate of drug-likeness (QED) is 0.0611. The number of esters is 2. The SMILES string of the molecule is CCCCCCCCc1csc(-c2cc(C(=O)OC(C)(C)C)c(-c3ccc(-c4sccc4C(=O)OC(C)(C)C)c4nsnc34)s2)c1CCCCCCCC. The number of thiophene rings is 3. The van der Waals surface area contributed by atoms with Gasteiger partial charge in [-0.25, -0.2) is 9.59 Å². The Bertz CT molecular complexity index is 1980. The van der Waals surface area contributed by atoms with Crippen LogP contribution in [-0.4, -0.2) is 31.9 Å². The minimum atomic E-state index is -0.648. The van der Waals surface area contributed by atoms with E-state index in [9.17, 15) is 9.59 Å². The number of fused-ring (bicyclic) bond motifs is 1. The number of nitrogens with zero attached hydrogens (tertiary/aromatic N) is 2. The number of aryl methyl sites for hydroxylation is 1. The van der Waals surface area contributed by atoms with Crippen molar-refractivity contribution >= 4 is 68.7 Å². The average molecular weight is 807 g/mol. The second kappa shape index (κ2) is 19.3. The highest BCUT2D eigenvalue weighted by Gasteiger charge is 2.29. The summed E-state index contributed by atoms with van der Waals surface area (Å²) < 4.78 is 21.3. The van der Waals surface area contributed by atoms with Crippen LogP contribution in [0.5, 0.6) is 0 Å². The first-order valence-electron chi connectivity index (χ1n) is 19.8. The zero-order valence-electron chi connectivity index (χ0n) is 33.5. The highest BCUT2D eigenvalue weighted by molar-refractivity contribution is 7.23. The van der Waals surface area contributed by atoms with Gasteiger partial charge in [0.1, 0.15) is 22.2 Å². The molecule has 4 heterocycles. The van der Waals surface area contributed by atoms with Crippen molar-refractivity contribution < 1.29 is 19.1 Å². The molecule has 1 aromatic carbocycles. The normalized spacial score (nSPS) is 12.1. The zero-order valence-corrected chi connectivity index (χ0v) is 36.8. The maximum atomic E-state index is 14.0. The van der Waals surface area contributed by atoms with E-state index in [0.717, 1.165) is 50.3 Å². The van der Waals surface area contributed by atoms with E-state index in [1.165, 1.54) is 104 Å². The second-order valence-corrected chi connectivity index (χ2v) is 19.6. The third-order valence-electron chi connectivity index (χ3n) is 9.32. The molecule has 0 aliphatic heterocycles. The van der Waals surface area contributed by atoms with E-state index in [4.69, 9.17) is 18.2 Å². The number of benzene rings is 1. The van der Waals surface area contributed by atoms with Gasteiger partial charge in [-0.2, -0.15) is 8.75 Å². The van der Waals surface area contributed by atoms with Crippen LogP contribution in [-0.2, 0) is 22.3 Å². The molecule has 5 aromatic rings. The Labute approximate surface area is 339 Å². The lowest BCUT2D eigenvalue weighted by molar-refractivity contribution is 0.00584. The van der Waals surface area contributed by atoms with Gasteiger partial charge in [-0.05, 0) is 101 Å². The van der Waals surface area contributed by atoms with Crippen molar-refractivity contribution in [1.29, 1.82) is 0 Å². The predicted octanol–water partition coefficient (Wildman–Crippen LogP) is 14.6. The van der Waals surface area contributed by atoms with E-state index in [1.807, 2.05) is 76.5 Å². The molecule has 0 radical (unpaired) electrons. The van der Waals surface area contributed by atoms with Crippen molar-refractivity contribution in [2.75, 3.05) is 0 Å². The molecule has 0 atom stereocenters. The molecule has 0 saturated heterocycles. The summed E-state index contributed by atoms with van der Waals surface area (Å²) in [6, 6.07) is 7.89. The van der Waals surface area contributed by atoms with Crippen LogP contribution in [0.25, 0.3) is 41.7 Å². The van der Waals surface area contributed by atoms with Crippen LogP contribution < -0.4 is 0 Å². The van der Waals surface area contributed by atoms with Crippen LogP contribution >= 0.6 is 45.7 Å². The number of carbonyl (C=O) groups is 2. The largest absolute Gasteiger partial charge is 0.456 e. The van der Waals surface area contributed by atoms with Crippen molar-refractivity contribution in [3.05, 3.63) is 57.3 Å². The van der Waals surface area contributed by atoms with E-state index in [0.29, 0.717) is 22.2 Å². The molecule has 4 aromatic heterocycles. The molecule has 0 unspecified atom stereocenters. The number of hydrogen-bond acceptors (Lipinski definition) is 10. The highest BCUT2D eigenvalue weighted by atomic mass is 32.1. The van der Waals surface area contributed by atoms with E-state index in [-0.39, 0.29) is 11.9 Å². The molecule has 5 rings (SSSR count). The molecule has 0 bridgehead atoms. The monoisotopic (exact) mass is 806 g/mol.